The molecule has 0 saturated carbocycles. The zero-order valence-electron chi connectivity index (χ0n) is 14.7. The summed E-state index contributed by atoms with van der Waals surface area (Å²) in [5.41, 5.74) is 1.27. The first-order valence-corrected chi connectivity index (χ1v) is 8.85. The highest BCUT2D eigenvalue weighted by Crippen LogP contribution is 2.32. The predicted octanol–water partition coefficient (Wildman–Crippen LogP) is 2.19. The van der Waals surface area contributed by atoms with Crippen molar-refractivity contribution in [1.82, 2.24) is 15.2 Å². The van der Waals surface area contributed by atoms with Crippen molar-refractivity contribution < 1.29 is 14.3 Å². The van der Waals surface area contributed by atoms with Crippen molar-refractivity contribution in [2.75, 3.05) is 19.6 Å². The molecule has 3 heterocycles. The molecule has 1 fully saturated rings. The molecule has 0 unspecified atom stereocenters. The molecule has 1 N–H and O–H groups in total. The molecular formula is C20H21N3O3. The minimum atomic E-state index is -0.605. The maximum absolute atomic E-state index is 13.0. The summed E-state index contributed by atoms with van der Waals surface area (Å²) in [7, 11) is 0. The van der Waals surface area contributed by atoms with Crippen molar-refractivity contribution in [3.8, 4) is 5.75 Å². The van der Waals surface area contributed by atoms with Gasteiger partial charge in [0.15, 0.2) is 0 Å². The van der Waals surface area contributed by atoms with E-state index in [-0.39, 0.29) is 11.8 Å². The number of amides is 2. The second kappa shape index (κ2) is 6.44. The number of carbonyl (C=O) groups excluding carboxylic acids is 2. The van der Waals surface area contributed by atoms with Crippen LogP contribution in [0.1, 0.15) is 39.3 Å². The van der Waals surface area contributed by atoms with Crippen LogP contribution in [0, 0.1) is 6.92 Å². The zero-order chi connectivity index (χ0) is 18.1. The summed E-state index contributed by atoms with van der Waals surface area (Å²) in [5, 5.41) is 2.96. The number of aromatic nitrogens is 1. The Hall–Kier alpha value is -2.89. The molecule has 1 aromatic carbocycles. The average molecular weight is 351 g/mol. The van der Waals surface area contributed by atoms with Gasteiger partial charge in [-0.25, -0.2) is 0 Å². The molecule has 2 aliphatic rings. The predicted molar refractivity (Wildman–Crippen MR) is 96.2 cm³/mol. The molecule has 0 bridgehead atoms. The lowest BCUT2D eigenvalue weighted by atomic mass is 9.91. The number of likely N-dealkylation sites (tertiary alicyclic amines) is 1. The van der Waals surface area contributed by atoms with E-state index in [4.69, 9.17) is 4.74 Å². The van der Waals surface area contributed by atoms with Crippen LogP contribution < -0.4 is 10.1 Å². The highest BCUT2D eigenvalue weighted by Gasteiger charge is 2.42. The van der Waals surface area contributed by atoms with E-state index >= 15 is 0 Å². The molecule has 6 nitrogen and oxygen atoms in total. The Bertz CT molecular complexity index is 867. The molecule has 1 aromatic heterocycles. The van der Waals surface area contributed by atoms with Gasteiger partial charge in [-0.3, -0.25) is 14.6 Å². The lowest BCUT2D eigenvalue weighted by Gasteiger charge is -2.42. The molecule has 134 valence electrons. The van der Waals surface area contributed by atoms with Crippen LogP contribution in [0.15, 0.2) is 42.6 Å². The summed E-state index contributed by atoms with van der Waals surface area (Å²) < 4.78 is 6.31. The molecule has 2 aliphatic heterocycles. The van der Waals surface area contributed by atoms with Gasteiger partial charge in [0.2, 0.25) is 0 Å². The van der Waals surface area contributed by atoms with Crippen LogP contribution in [0.25, 0.3) is 0 Å². The van der Waals surface area contributed by atoms with E-state index in [1.165, 1.54) is 0 Å². The van der Waals surface area contributed by atoms with E-state index in [1.807, 2.05) is 30.0 Å². The monoisotopic (exact) mass is 351 g/mol. The number of benzene rings is 1. The normalized spacial score (nSPS) is 22.2. The number of para-hydroxylation sites is 1. The lowest BCUT2D eigenvalue weighted by molar-refractivity contribution is -0.000910. The Labute approximate surface area is 152 Å². The molecular weight excluding hydrogens is 330 g/mol. The van der Waals surface area contributed by atoms with E-state index in [1.54, 1.807) is 24.4 Å². The van der Waals surface area contributed by atoms with E-state index < -0.39 is 5.60 Å². The highest BCUT2D eigenvalue weighted by atomic mass is 16.5. The Morgan fingerprint density at radius 2 is 2.12 bits per heavy atom. The SMILES string of the molecule is Cc1ncccc1C(=O)N1CCC[C@]2(CNC(=O)c3ccccc3O2)C1. The van der Waals surface area contributed by atoms with Crippen LogP contribution in [0.2, 0.25) is 0 Å². The van der Waals surface area contributed by atoms with E-state index in [0.29, 0.717) is 36.5 Å². The molecule has 1 saturated heterocycles. The van der Waals surface area contributed by atoms with Crippen molar-refractivity contribution in [3.63, 3.8) is 0 Å². The Kier molecular flexibility index (Phi) is 4.11. The van der Waals surface area contributed by atoms with Gasteiger partial charge in [0.25, 0.3) is 11.8 Å². The Balaban J connectivity index is 1.61. The van der Waals surface area contributed by atoms with Crippen LogP contribution in [-0.2, 0) is 0 Å². The first-order valence-electron chi connectivity index (χ1n) is 8.85. The van der Waals surface area contributed by atoms with Crippen LogP contribution in [0.4, 0.5) is 0 Å². The molecule has 4 rings (SSSR count). The topological polar surface area (TPSA) is 71.5 Å². The highest BCUT2D eigenvalue weighted by molar-refractivity contribution is 5.97. The molecule has 1 spiro atoms. The Morgan fingerprint density at radius 3 is 2.96 bits per heavy atom. The maximum atomic E-state index is 13.0. The molecule has 0 radical (unpaired) electrons. The fourth-order valence-electron chi connectivity index (χ4n) is 3.73. The molecule has 1 atom stereocenters. The number of aryl methyl sites for hydroxylation is 1. The number of piperidine rings is 1. The Morgan fingerprint density at radius 1 is 1.27 bits per heavy atom. The van der Waals surface area contributed by atoms with Crippen molar-refractivity contribution >= 4 is 11.8 Å². The summed E-state index contributed by atoms with van der Waals surface area (Å²) in [4.78, 5) is 31.3. The van der Waals surface area contributed by atoms with Crippen LogP contribution in [-0.4, -0.2) is 46.9 Å². The molecule has 26 heavy (non-hydrogen) atoms. The van der Waals surface area contributed by atoms with Gasteiger partial charge in [-0.1, -0.05) is 12.1 Å². The summed E-state index contributed by atoms with van der Waals surface area (Å²) >= 11 is 0. The van der Waals surface area contributed by atoms with Gasteiger partial charge < -0.3 is 15.0 Å². The van der Waals surface area contributed by atoms with Crippen molar-refractivity contribution in [3.05, 3.63) is 59.4 Å². The van der Waals surface area contributed by atoms with Gasteiger partial charge in [0.05, 0.1) is 24.2 Å². The molecule has 6 heteroatoms. The first kappa shape index (κ1) is 16.6. The zero-order valence-corrected chi connectivity index (χ0v) is 14.7. The molecule has 0 aliphatic carbocycles. The third-order valence-electron chi connectivity index (χ3n) is 5.09. The van der Waals surface area contributed by atoms with Gasteiger partial charge in [0, 0.05) is 18.4 Å². The largest absolute Gasteiger partial charge is 0.483 e. The van der Waals surface area contributed by atoms with E-state index in [9.17, 15) is 9.59 Å². The standard InChI is InChI=1S/C20H21N3O3/c1-14-15(7-4-10-21-14)19(25)23-11-5-9-20(13-23)12-22-18(24)16-6-2-3-8-17(16)26-20/h2-4,6-8,10H,5,9,11-13H2,1H3,(H,22,24)/t20-/m0/s1. The number of rotatable bonds is 1. The first-order chi connectivity index (χ1) is 12.6. The maximum Gasteiger partial charge on any atom is 0.255 e. The summed E-state index contributed by atoms with van der Waals surface area (Å²) in [6.45, 7) is 3.34. The number of pyridine rings is 1. The number of nitrogens with zero attached hydrogens (tertiary/aromatic N) is 2. The lowest BCUT2D eigenvalue weighted by Crippen LogP contribution is -2.58. The summed E-state index contributed by atoms with van der Waals surface area (Å²) in [5.74, 6) is 0.403. The van der Waals surface area contributed by atoms with Gasteiger partial charge in [-0.05, 0) is 44.0 Å². The quantitative estimate of drug-likeness (QED) is 0.855. The minimum absolute atomic E-state index is 0.0397. The second-order valence-corrected chi connectivity index (χ2v) is 6.93. The van der Waals surface area contributed by atoms with Crippen LogP contribution in [0.5, 0.6) is 5.75 Å². The third-order valence-corrected chi connectivity index (χ3v) is 5.09. The van der Waals surface area contributed by atoms with Crippen LogP contribution >= 0.6 is 0 Å². The molecule has 2 amide bonds. The number of hydrogen-bond acceptors (Lipinski definition) is 4. The van der Waals surface area contributed by atoms with Gasteiger partial charge in [-0.2, -0.15) is 0 Å². The van der Waals surface area contributed by atoms with Crippen molar-refractivity contribution in [1.29, 1.82) is 0 Å². The summed E-state index contributed by atoms with van der Waals surface area (Å²) in [6, 6.07) is 10.8. The van der Waals surface area contributed by atoms with Gasteiger partial charge >= 0.3 is 0 Å². The van der Waals surface area contributed by atoms with Crippen molar-refractivity contribution in [2.24, 2.45) is 0 Å². The van der Waals surface area contributed by atoms with Gasteiger partial charge in [-0.15, -0.1) is 0 Å². The van der Waals surface area contributed by atoms with E-state index in [0.717, 1.165) is 18.5 Å². The minimum Gasteiger partial charge on any atom is -0.483 e. The number of hydrogen-bond donors (Lipinski definition) is 1. The van der Waals surface area contributed by atoms with E-state index in [2.05, 4.69) is 10.3 Å². The fraction of sp³-hybridized carbons (Fsp3) is 0.350. The number of ether oxygens (including phenoxy) is 1. The third kappa shape index (κ3) is 2.92. The second-order valence-electron chi connectivity index (χ2n) is 6.93. The summed E-state index contributed by atoms with van der Waals surface area (Å²) in [6.07, 6.45) is 3.30. The number of fused-ring (bicyclic) bond motifs is 1. The van der Waals surface area contributed by atoms with Crippen molar-refractivity contribution in [2.45, 2.75) is 25.4 Å². The fourth-order valence-corrected chi connectivity index (χ4v) is 3.73. The average Bonchev–Trinajstić information content (AvgIpc) is 2.79. The number of nitrogens with one attached hydrogen (secondary N) is 1. The van der Waals surface area contributed by atoms with Crippen LogP contribution in [0.3, 0.4) is 0 Å². The molecule has 2 aromatic rings. The number of carbonyl (C=O) groups is 2. The van der Waals surface area contributed by atoms with Gasteiger partial charge in [0.1, 0.15) is 11.4 Å². The smallest absolute Gasteiger partial charge is 0.255 e.